The van der Waals surface area contributed by atoms with Gasteiger partial charge in [-0.2, -0.15) is 0 Å². The van der Waals surface area contributed by atoms with Crippen LogP contribution in [0.25, 0.3) is 0 Å². The molecule has 2 N–H and O–H groups in total. The highest BCUT2D eigenvalue weighted by molar-refractivity contribution is 6.35. The number of aliphatic hydroxyl groups is 1. The van der Waals surface area contributed by atoms with E-state index in [1.807, 2.05) is 6.92 Å². The van der Waals surface area contributed by atoms with Gasteiger partial charge in [0, 0.05) is 54.9 Å². The lowest BCUT2D eigenvalue weighted by molar-refractivity contribution is 0.0811. The molecule has 2 amide bonds. The highest BCUT2D eigenvalue weighted by Gasteiger charge is 2.23. The molecule has 1 heterocycles. The summed E-state index contributed by atoms with van der Waals surface area (Å²) in [5, 5.41) is 14.2. The van der Waals surface area contributed by atoms with Crippen LogP contribution in [0.2, 0.25) is 10.0 Å². The summed E-state index contributed by atoms with van der Waals surface area (Å²) in [7, 11) is 0. The molecular formula is C15H21Cl2N3O2. The Kier molecular flexibility index (Phi) is 6.32. The minimum absolute atomic E-state index is 0.0246. The second kappa shape index (κ2) is 8.02. The van der Waals surface area contributed by atoms with Crippen LogP contribution >= 0.6 is 23.2 Å². The van der Waals surface area contributed by atoms with E-state index in [-0.39, 0.29) is 6.03 Å². The van der Waals surface area contributed by atoms with Crippen LogP contribution in [0.1, 0.15) is 18.6 Å². The fourth-order valence-corrected chi connectivity index (χ4v) is 3.05. The summed E-state index contributed by atoms with van der Waals surface area (Å²) >= 11 is 12.0. The summed E-state index contributed by atoms with van der Waals surface area (Å²) < 4.78 is 0. The maximum Gasteiger partial charge on any atom is 0.317 e. The average molecular weight is 346 g/mol. The zero-order valence-corrected chi connectivity index (χ0v) is 14.1. The molecule has 0 spiro atoms. The van der Waals surface area contributed by atoms with Gasteiger partial charge in [-0.1, -0.05) is 29.3 Å². The Morgan fingerprint density at radius 2 is 2.00 bits per heavy atom. The largest absolute Gasteiger partial charge is 0.387 e. The summed E-state index contributed by atoms with van der Waals surface area (Å²) in [4.78, 5) is 15.7. The number of halogens is 2. The van der Waals surface area contributed by atoms with Crippen molar-refractivity contribution < 1.29 is 9.90 Å². The SMILES string of the molecule is CCNC(=O)N1CCN(CC(O)c2ccc(Cl)cc2Cl)CC1. The quantitative estimate of drug-likeness (QED) is 0.880. The van der Waals surface area contributed by atoms with Crippen molar-refractivity contribution in [2.45, 2.75) is 13.0 Å². The minimum Gasteiger partial charge on any atom is -0.387 e. The number of nitrogens with one attached hydrogen (secondary N) is 1. The number of hydrogen-bond acceptors (Lipinski definition) is 3. The van der Waals surface area contributed by atoms with E-state index in [9.17, 15) is 9.90 Å². The van der Waals surface area contributed by atoms with Crippen LogP contribution < -0.4 is 5.32 Å². The van der Waals surface area contributed by atoms with Gasteiger partial charge in [-0.05, 0) is 19.1 Å². The van der Waals surface area contributed by atoms with Gasteiger partial charge in [0.05, 0.1) is 6.10 Å². The standard InChI is InChI=1S/C15H21Cl2N3O2/c1-2-18-15(22)20-7-5-19(6-8-20)10-14(21)12-4-3-11(16)9-13(12)17/h3-4,9,14,21H,2,5-8,10H2,1H3,(H,18,22). The molecule has 7 heteroatoms. The summed E-state index contributed by atoms with van der Waals surface area (Å²) in [5.41, 5.74) is 0.678. The molecule has 1 fully saturated rings. The first-order chi connectivity index (χ1) is 10.5. The number of carbonyl (C=O) groups excluding carboxylic acids is 1. The summed E-state index contributed by atoms with van der Waals surface area (Å²) in [6, 6.07) is 5.08. The molecule has 0 bridgehead atoms. The smallest absolute Gasteiger partial charge is 0.317 e. The first-order valence-corrected chi connectivity index (χ1v) is 8.15. The second-order valence-corrected chi connectivity index (χ2v) is 6.15. The van der Waals surface area contributed by atoms with Gasteiger partial charge in [0.15, 0.2) is 0 Å². The fraction of sp³-hybridized carbons (Fsp3) is 0.533. The Hall–Kier alpha value is -1.01. The summed E-state index contributed by atoms with van der Waals surface area (Å²) in [6.45, 7) is 5.82. The lowest BCUT2D eigenvalue weighted by atomic mass is 10.1. The zero-order valence-electron chi connectivity index (χ0n) is 12.6. The Balaban J connectivity index is 1.86. The number of rotatable bonds is 4. The molecule has 0 aromatic heterocycles. The fourth-order valence-electron chi connectivity index (χ4n) is 2.51. The van der Waals surface area contributed by atoms with Crippen molar-refractivity contribution in [2.24, 2.45) is 0 Å². The molecule has 1 saturated heterocycles. The van der Waals surface area contributed by atoms with Gasteiger partial charge >= 0.3 is 6.03 Å². The third kappa shape index (κ3) is 4.49. The van der Waals surface area contributed by atoms with Gasteiger partial charge in [-0.3, -0.25) is 4.90 Å². The molecule has 22 heavy (non-hydrogen) atoms. The van der Waals surface area contributed by atoms with Gasteiger partial charge in [-0.25, -0.2) is 4.79 Å². The van der Waals surface area contributed by atoms with E-state index in [1.54, 1.807) is 23.1 Å². The second-order valence-electron chi connectivity index (χ2n) is 5.30. The number of piperazine rings is 1. The Labute approximate surface area is 140 Å². The predicted molar refractivity (Wildman–Crippen MR) is 88.5 cm³/mol. The van der Waals surface area contributed by atoms with Crippen molar-refractivity contribution in [2.75, 3.05) is 39.3 Å². The molecule has 0 aliphatic carbocycles. The predicted octanol–water partition coefficient (Wildman–Crippen LogP) is 2.37. The van der Waals surface area contributed by atoms with Crippen molar-refractivity contribution in [3.63, 3.8) is 0 Å². The van der Waals surface area contributed by atoms with E-state index in [0.29, 0.717) is 41.8 Å². The molecular weight excluding hydrogens is 325 g/mol. The van der Waals surface area contributed by atoms with Crippen LogP contribution in [0.15, 0.2) is 18.2 Å². The summed E-state index contributed by atoms with van der Waals surface area (Å²) in [6.07, 6.45) is -0.666. The number of urea groups is 1. The van der Waals surface area contributed by atoms with Crippen molar-refractivity contribution >= 4 is 29.2 Å². The van der Waals surface area contributed by atoms with Crippen molar-refractivity contribution in [3.8, 4) is 0 Å². The molecule has 1 aromatic rings. The molecule has 1 aliphatic rings. The molecule has 1 aromatic carbocycles. The van der Waals surface area contributed by atoms with E-state index in [4.69, 9.17) is 23.2 Å². The molecule has 1 atom stereocenters. The van der Waals surface area contributed by atoms with Crippen LogP contribution in [-0.4, -0.2) is 60.2 Å². The molecule has 122 valence electrons. The Bertz CT molecular complexity index is 520. The van der Waals surface area contributed by atoms with Crippen LogP contribution in [0, 0.1) is 0 Å². The van der Waals surface area contributed by atoms with Crippen LogP contribution in [-0.2, 0) is 0 Å². The van der Waals surface area contributed by atoms with Gasteiger partial charge < -0.3 is 15.3 Å². The van der Waals surface area contributed by atoms with Gasteiger partial charge in [0.1, 0.15) is 0 Å². The third-order valence-electron chi connectivity index (χ3n) is 3.74. The average Bonchev–Trinajstić information content (AvgIpc) is 2.48. The minimum atomic E-state index is -0.666. The molecule has 1 aliphatic heterocycles. The molecule has 0 radical (unpaired) electrons. The van der Waals surface area contributed by atoms with Crippen LogP contribution in [0.5, 0.6) is 0 Å². The molecule has 2 rings (SSSR count). The van der Waals surface area contributed by atoms with Gasteiger partial charge in [0.2, 0.25) is 0 Å². The van der Waals surface area contributed by atoms with E-state index in [1.165, 1.54) is 0 Å². The van der Waals surface area contributed by atoms with Gasteiger partial charge in [0.25, 0.3) is 0 Å². The van der Waals surface area contributed by atoms with Crippen LogP contribution in [0.3, 0.4) is 0 Å². The number of β-amino-alcohol motifs (C(OH)–C–C–N with tert-alkyl or cyclic N) is 1. The van der Waals surface area contributed by atoms with Gasteiger partial charge in [-0.15, -0.1) is 0 Å². The van der Waals surface area contributed by atoms with Crippen LogP contribution in [0.4, 0.5) is 4.79 Å². The number of amides is 2. The summed E-state index contributed by atoms with van der Waals surface area (Å²) in [5.74, 6) is 0. The monoisotopic (exact) mass is 345 g/mol. The Morgan fingerprint density at radius 3 is 2.59 bits per heavy atom. The van der Waals surface area contributed by atoms with Crippen molar-refractivity contribution in [1.29, 1.82) is 0 Å². The molecule has 1 unspecified atom stereocenters. The topological polar surface area (TPSA) is 55.8 Å². The van der Waals surface area contributed by atoms with Crippen molar-refractivity contribution in [3.05, 3.63) is 33.8 Å². The van der Waals surface area contributed by atoms with E-state index >= 15 is 0 Å². The number of aliphatic hydroxyl groups excluding tert-OH is 1. The van der Waals surface area contributed by atoms with E-state index < -0.39 is 6.10 Å². The number of benzene rings is 1. The van der Waals surface area contributed by atoms with E-state index in [2.05, 4.69) is 10.2 Å². The lowest BCUT2D eigenvalue weighted by Crippen LogP contribution is -2.52. The van der Waals surface area contributed by atoms with E-state index in [0.717, 1.165) is 13.1 Å². The first kappa shape index (κ1) is 17.3. The van der Waals surface area contributed by atoms with Crippen molar-refractivity contribution in [1.82, 2.24) is 15.1 Å². The number of nitrogens with zero attached hydrogens (tertiary/aromatic N) is 2. The maximum atomic E-state index is 11.7. The highest BCUT2D eigenvalue weighted by atomic mass is 35.5. The molecule has 5 nitrogen and oxygen atoms in total. The first-order valence-electron chi connectivity index (χ1n) is 7.39. The third-order valence-corrected chi connectivity index (χ3v) is 4.30. The maximum absolute atomic E-state index is 11.7. The normalized spacial score (nSPS) is 17.4. The zero-order chi connectivity index (χ0) is 16.1. The number of carbonyl (C=O) groups is 1. The lowest BCUT2D eigenvalue weighted by Gasteiger charge is -2.35. The Morgan fingerprint density at radius 1 is 1.32 bits per heavy atom. The highest BCUT2D eigenvalue weighted by Crippen LogP contribution is 2.27. The molecule has 0 saturated carbocycles. The number of hydrogen-bond donors (Lipinski definition) is 2.